The molecule has 2 aromatic carbocycles. The number of methoxy groups -OCH3 is 1. The number of para-hydroxylation sites is 1. The van der Waals surface area contributed by atoms with Gasteiger partial charge in [-0.25, -0.2) is 0 Å². The van der Waals surface area contributed by atoms with E-state index in [-0.39, 0.29) is 12.0 Å². The Balaban J connectivity index is 1.87. The Labute approximate surface area is 146 Å². The van der Waals surface area contributed by atoms with Crippen LogP contribution < -0.4 is 10.1 Å². The van der Waals surface area contributed by atoms with Gasteiger partial charge in [0.1, 0.15) is 5.75 Å². The highest BCUT2D eigenvalue weighted by molar-refractivity contribution is 6.36. The Morgan fingerprint density at radius 3 is 2.70 bits per heavy atom. The Morgan fingerprint density at radius 1 is 1.09 bits per heavy atom. The molecule has 0 saturated heterocycles. The van der Waals surface area contributed by atoms with E-state index in [4.69, 9.17) is 27.9 Å². The van der Waals surface area contributed by atoms with E-state index in [0.717, 1.165) is 34.0 Å². The summed E-state index contributed by atoms with van der Waals surface area (Å²) in [5, 5.41) is 5.12. The Kier molecular flexibility index (Phi) is 3.74. The molecule has 0 spiro atoms. The summed E-state index contributed by atoms with van der Waals surface area (Å²) in [6.45, 7) is 0. The lowest BCUT2D eigenvalue weighted by atomic mass is 9.77. The van der Waals surface area contributed by atoms with Gasteiger partial charge in [0.15, 0.2) is 0 Å². The van der Waals surface area contributed by atoms with Crippen molar-refractivity contribution in [2.24, 2.45) is 5.92 Å². The van der Waals surface area contributed by atoms with Crippen molar-refractivity contribution in [2.75, 3.05) is 12.4 Å². The lowest BCUT2D eigenvalue weighted by Crippen LogP contribution is -2.29. The predicted molar refractivity (Wildman–Crippen MR) is 95.8 cm³/mol. The number of nitrogens with one attached hydrogen (secondary N) is 1. The number of benzene rings is 2. The quantitative estimate of drug-likeness (QED) is 0.691. The smallest absolute Gasteiger partial charge is 0.124 e. The van der Waals surface area contributed by atoms with E-state index in [1.807, 2.05) is 30.3 Å². The van der Waals surface area contributed by atoms with Gasteiger partial charge in [0.05, 0.1) is 23.9 Å². The van der Waals surface area contributed by atoms with E-state index in [1.54, 1.807) is 7.11 Å². The van der Waals surface area contributed by atoms with Gasteiger partial charge in [0.2, 0.25) is 0 Å². The molecule has 0 amide bonds. The topological polar surface area (TPSA) is 21.3 Å². The fraction of sp³-hybridized carbons (Fsp3) is 0.263. The first-order valence-corrected chi connectivity index (χ1v) is 8.50. The summed E-state index contributed by atoms with van der Waals surface area (Å²) in [6.07, 6.45) is 5.52. The van der Waals surface area contributed by atoms with Crippen LogP contribution in [0.4, 0.5) is 5.69 Å². The largest absolute Gasteiger partial charge is 0.496 e. The van der Waals surface area contributed by atoms with Crippen LogP contribution in [0.15, 0.2) is 48.6 Å². The summed E-state index contributed by atoms with van der Waals surface area (Å²) in [4.78, 5) is 0. The average Bonchev–Trinajstić information content (AvgIpc) is 3.06. The molecule has 4 heteroatoms. The molecular formula is C19H17Cl2NO. The van der Waals surface area contributed by atoms with Gasteiger partial charge in [-0.2, -0.15) is 0 Å². The fourth-order valence-corrected chi connectivity index (χ4v) is 4.36. The SMILES string of the molecule is COc1ccccc1[C@@H]1Nc2c(Cl)ccc(Cl)c2[C@@H]2C=CC[C@@H]21. The molecule has 0 saturated carbocycles. The number of fused-ring (bicyclic) bond motifs is 3. The summed E-state index contributed by atoms with van der Waals surface area (Å²) in [5.74, 6) is 1.60. The molecule has 3 atom stereocenters. The Bertz CT molecular complexity index is 787. The van der Waals surface area contributed by atoms with Gasteiger partial charge in [-0.15, -0.1) is 0 Å². The number of halogens is 2. The minimum Gasteiger partial charge on any atom is -0.496 e. The van der Waals surface area contributed by atoms with Crippen molar-refractivity contribution >= 4 is 28.9 Å². The Morgan fingerprint density at radius 2 is 1.87 bits per heavy atom. The van der Waals surface area contributed by atoms with Gasteiger partial charge in [0.25, 0.3) is 0 Å². The number of anilines is 1. The van der Waals surface area contributed by atoms with Crippen molar-refractivity contribution in [2.45, 2.75) is 18.4 Å². The van der Waals surface area contributed by atoms with E-state index in [1.165, 1.54) is 0 Å². The highest BCUT2D eigenvalue weighted by Gasteiger charge is 2.40. The van der Waals surface area contributed by atoms with E-state index in [0.29, 0.717) is 10.9 Å². The number of hydrogen-bond acceptors (Lipinski definition) is 2. The average molecular weight is 346 g/mol. The molecule has 0 aromatic heterocycles. The van der Waals surface area contributed by atoms with E-state index >= 15 is 0 Å². The Hall–Kier alpha value is -1.64. The molecule has 23 heavy (non-hydrogen) atoms. The van der Waals surface area contributed by atoms with Crippen LogP contribution in [0, 0.1) is 5.92 Å². The number of rotatable bonds is 2. The van der Waals surface area contributed by atoms with Crippen LogP contribution >= 0.6 is 23.2 Å². The zero-order chi connectivity index (χ0) is 16.0. The molecule has 2 nitrogen and oxygen atoms in total. The van der Waals surface area contributed by atoms with Crippen LogP contribution in [0.1, 0.15) is 29.5 Å². The lowest BCUT2D eigenvalue weighted by Gasteiger charge is -2.38. The van der Waals surface area contributed by atoms with Gasteiger partial charge < -0.3 is 10.1 Å². The van der Waals surface area contributed by atoms with Gasteiger partial charge in [0, 0.05) is 22.1 Å². The zero-order valence-electron chi connectivity index (χ0n) is 12.7. The van der Waals surface area contributed by atoms with Crippen LogP contribution in [-0.2, 0) is 0 Å². The molecule has 1 heterocycles. The highest BCUT2D eigenvalue weighted by atomic mass is 35.5. The molecule has 2 aliphatic rings. The number of allylic oxidation sites excluding steroid dienone is 2. The van der Waals surface area contributed by atoms with Crippen LogP contribution in [0.5, 0.6) is 5.75 Å². The molecule has 0 unspecified atom stereocenters. The van der Waals surface area contributed by atoms with Crippen LogP contribution in [0.3, 0.4) is 0 Å². The van der Waals surface area contributed by atoms with Crippen LogP contribution in [-0.4, -0.2) is 7.11 Å². The fourth-order valence-electron chi connectivity index (χ4n) is 3.86. The second-order valence-electron chi connectivity index (χ2n) is 6.04. The minimum atomic E-state index is 0.148. The molecule has 118 valence electrons. The van der Waals surface area contributed by atoms with Crippen molar-refractivity contribution in [1.29, 1.82) is 0 Å². The second-order valence-corrected chi connectivity index (χ2v) is 6.85. The van der Waals surface area contributed by atoms with Crippen molar-refractivity contribution < 1.29 is 4.74 Å². The van der Waals surface area contributed by atoms with E-state index in [2.05, 4.69) is 23.5 Å². The second kappa shape index (κ2) is 5.77. The molecule has 1 aliphatic heterocycles. The minimum absolute atomic E-state index is 0.148. The summed E-state index contributed by atoms with van der Waals surface area (Å²) in [5.41, 5.74) is 3.22. The van der Waals surface area contributed by atoms with Crippen molar-refractivity contribution in [3.8, 4) is 5.75 Å². The first-order chi connectivity index (χ1) is 11.2. The first-order valence-electron chi connectivity index (χ1n) is 7.74. The number of ether oxygens (including phenoxy) is 1. The maximum atomic E-state index is 6.48. The van der Waals surface area contributed by atoms with Crippen LogP contribution in [0.25, 0.3) is 0 Å². The molecule has 2 aromatic rings. The molecule has 1 aliphatic carbocycles. The lowest BCUT2D eigenvalue weighted by molar-refractivity contribution is 0.381. The molecule has 4 rings (SSSR count). The monoisotopic (exact) mass is 345 g/mol. The van der Waals surface area contributed by atoms with Gasteiger partial charge in [-0.05, 0) is 30.5 Å². The first kappa shape index (κ1) is 14.9. The predicted octanol–water partition coefficient (Wildman–Crippen LogP) is 5.83. The third-order valence-electron chi connectivity index (χ3n) is 4.89. The highest BCUT2D eigenvalue weighted by Crippen LogP contribution is 2.54. The molecule has 0 radical (unpaired) electrons. The molecule has 0 bridgehead atoms. The number of hydrogen-bond donors (Lipinski definition) is 1. The molecular weight excluding hydrogens is 329 g/mol. The van der Waals surface area contributed by atoms with Crippen molar-refractivity contribution in [3.05, 3.63) is 69.7 Å². The standard InChI is InChI=1S/C19H17Cl2NO/c1-23-16-8-3-2-5-13(16)18-12-7-4-6-11(12)17-14(20)9-10-15(21)19(17)22-18/h2-6,8-12,18,22H,7H2,1H3/t11-,12+,18-/m1/s1. The van der Waals surface area contributed by atoms with Crippen molar-refractivity contribution in [1.82, 2.24) is 0 Å². The van der Waals surface area contributed by atoms with Crippen molar-refractivity contribution in [3.63, 3.8) is 0 Å². The summed E-state index contributed by atoms with van der Waals surface area (Å²) >= 11 is 12.9. The van der Waals surface area contributed by atoms with Gasteiger partial charge >= 0.3 is 0 Å². The maximum Gasteiger partial charge on any atom is 0.124 e. The van der Waals surface area contributed by atoms with Gasteiger partial charge in [-0.3, -0.25) is 0 Å². The maximum absolute atomic E-state index is 6.48. The van der Waals surface area contributed by atoms with E-state index in [9.17, 15) is 0 Å². The summed E-state index contributed by atoms with van der Waals surface area (Å²) in [6, 6.07) is 12.1. The summed E-state index contributed by atoms with van der Waals surface area (Å²) in [7, 11) is 1.71. The third-order valence-corrected chi connectivity index (χ3v) is 5.53. The summed E-state index contributed by atoms with van der Waals surface area (Å²) < 4.78 is 5.57. The van der Waals surface area contributed by atoms with E-state index < -0.39 is 0 Å². The van der Waals surface area contributed by atoms with Gasteiger partial charge in [-0.1, -0.05) is 53.6 Å². The molecule has 1 N–H and O–H groups in total. The van der Waals surface area contributed by atoms with Crippen LogP contribution in [0.2, 0.25) is 10.0 Å². The molecule has 0 fully saturated rings. The normalized spacial score (nSPS) is 24.7. The zero-order valence-corrected chi connectivity index (χ0v) is 14.2. The third kappa shape index (κ3) is 2.32.